The quantitative estimate of drug-likeness (QED) is 0.779. The number of para-hydroxylation sites is 1. The van der Waals surface area contributed by atoms with Gasteiger partial charge in [-0.05, 0) is 43.0 Å². The van der Waals surface area contributed by atoms with E-state index in [1.807, 2.05) is 35.0 Å². The summed E-state index contributed by atoms with van der Waals surface area (Å²) in [5.41, 5.74) is 4.87. The van der Waals surface area contributed by atoms with Crippen molar-refractivity contribution in [2.24, 2.45) is 0 Å². The SMILES string of the molecule is Cc1ccccc1-n1ncc(C(=O)NCc2cccnc2)c1C1CC1. The van der Waals surface area contributed by atoms with E-state index in [0.717, 1.165) is 35.3 Å². The summed E-state index contributed by atoms with van der Waals surface area (Å²) in [4.78, 5) is 16.8. The van der Waals surface area contributed by atoms with E-state index in [0.29, 0.717) is 18.0 Å². The summed E-state index contributed by atoms with van der Waals surface area (Å²) in [7, 11) is 0. The number of benzene rings is 1. The van der Waals surface area contributed by atoms with Crippen molar-refractivity contribution < 1.29 is 4.79 Å². The Morgan fingerprint density at radius 3 is 2.76 bits per heavy atom. The minimum absolute atomic E-state index is 0.0782. The third-order valence-corrected chi connectivity index (χ3v) is 4.53. The Balaban J connectivity index is 1.62. The highest BCUT2D eigenvalue weighted by molar-refractivity contribution is 5.95. The van der Waals surface area contributed by atoms with E-state index in [-0.39, 0.29) is 5.91 Å². The third-order valence-electron chi connectivity index (χ3n) is 4.53. The maximum Gasteiger partial charge on any atom is 0.255 e. The molecular formula is C20H20N4O. The lowest BCUT2D eigenvalue weighted by atomic mass is 10.1. The zero-order valence-electron chi connectivity index (χ0n) is 14.1. The summed E-state index contributed by atoms with van der Waals surface area (Å²) < 4.78 is 1.94. The summed E-state index contributed by atoms with van der Waals surface area (Å²) in [6.45, 7) is 2.53. The predicted octanol–water partition coefficient (Wildman–Crippen LogP) is 3.38. The monoisotopic (exact) mass is 332 g/mol. The molecule has 1 fully saturated rings. The summed E-state index contributed by atoms with van der Waals surface area (Å²) in [6, 6.07) is 11.9. The number of hydrogen-bond acceptors (Lipinski definition) is 3. The first-order valence-electron chi connectivity index (χ1n) is 8.55. The fourth-order valence-corrected chi connectivity index (χ4v) is 3.06. The molecule has 0 saturated heterocycles. The Morgan fingerprint density at radius 2 is 2.04 bits per heavy atom. The molecule has 0 radical (unpaired) electrons. The first-order valence-corrected chi connectivity index (χ1v) is 8.55. The lowest BCUT2D eigenvalue weighted by molar-refractivity contribution is 0.0950. The summed E-state index contributed by atoms with van der Waals surface area (Å²) >= 11 is 0. The van der Waals surface area contributed by atoms with Crippen molar-refractivity contribution in [3.63, 3.8) is 0 Å². The topological polar surface area (TPSA) is 59.8 Å². The van der Waals surface area contributed by atoms with Gasteiger partial charge in [-0.15, -0.1) is 0 Å². The number of aryl methyl sites for hydroxylation is 1. The van der Waals surface area contributed by atoms with Gasteiger partial charge in [0.1, 0.15) is 0 Å². The van der Waals surface area contributed by atoms with Crippen LogP contribution in [0.3, 0.4) is 0 Å². The normalized spacial score (nSPS) is 13.6. The van der Waals surface area contributed by atoms with Crippen LogP contribution in [0.1, 0.15) is 45.9 Å². The standard InChI is InChI=1S/C20H20N4O/c1-14-5-2-3-7-18(14)24-19(16-8-9-16)17(13-23-24)20(25)22-12-15-6-4-10-21-11-15/h2-7,10-11,13,16H,8-9,12H2,1H3,(H,22,25). The Labute approximate surface area is 146 Å². The van der Waals surface area contributed by atoms with E-state index in [9.17, 15) is 4.79 Å². The van der Waals surface area contributed by atoms with Crippen molar-refractivity contribution >= 4 is 5.91 Å². The molecule has 5 nitrogen and oxygen atoms in total. The van der Waals surface area contributed by atoms with Gasteiger partial charge in [0.05, 0.1) is 23.1 Å². The van der Waals surface area contributed by atoms with Crippen LogP contribution in [0.4, 0.5) is 0 Å². The molecule has 126 valence electrons. The van der Waals surface area contributed by atoms with Crippen LogP contribution in [0.15, 0.2) is 55.0 Å². The Hall–Kier alpha value is -2.95. The van der Waals surface area contributed by atoms with Crippen LogP contribution >= 0.6 is 0 Å². The average molecular weight is 332 g/mol. The van der Waals surface area contributed by atoms with E-state index in [4.69, 9.17) is 0 Å². The highest BCUT2D eigenvalue weighted by Gasteiger charge is 2.33. The van der Waals surface area contributed by atoms with Crippen molar-refractivity contribution in [1.82, 2.24) is 20.1 Å². The molecule has 25 heavy (non-hydrogen) atoms. The second-order valence-corrected chi connectivity index (χ2v) is 6.46. The van der Waals surface area contributed by atoms with Crippen molar-refractivity contribution in [2.75, 3.05) is 0 Å². The summed E-state index contributed by atoms with van der Waals surface area (Å²) in [6.07, 6.45) is 7.40. The molecule has 4 rings (SSSR count). The van der Waals surface area contributed by atoms with Crippen molar-refractivity contribution in [1.29, 1.82) is 0 Å². The van der Waals surface area contributed by atoms with Gasteiger partial charge in [0.15, 0.2) is 0 Å². The largest absolute Gasteiger partial charge is 0.348 e. The van der Waals surface area contributed by atoms with Gasteiger partial charge < -0.3 is 5.32 Å². The molecule has 1 N–H and O–H groups in total. The van der Waals surface area contributed by atoms with E-state index < -0.39 is 0 Å². The van der Waals surface area contributed by atoms with E-state index >= 15 is 0 Å². The molecule has 1 aliphatic carbocycles. The van der Waals surface area contributed by atoms with Gasteiger partial charge in [-0.25, -0.2) is 4.68 Å². The molecule has 2 aromatic heterocycles. The van der Waals surface area contributed by atoms with Gasteiger partial charge in [0.25, 0.3) is 5.91 Å². The average Bonchev–Trinajstić information content (AvgIpc) is 3.39. The fourth-order valence-electron chi connectivity index (χ4n) is 3.06. The number of carbonyl (C=O) groups is 1. The number of amides is 1. The smallest absolute Gasteiger partial charge is 0.255 e. The molecular weight excluding hydrogens is 312 g/mol. The first-order chi connectivity index (χ1) is 12.2. The molecule has 1 amide bonds. The lowest BCUT2D eigenvalue weighted by Crippen LogP contribution is -2.23. The summed E-state index contributed by atoms with van der Waals surface area (Å²) in [5.74, 6) is 0.340. The molecule has 0 unspecified atom stereocenters. The maximum absolute atomic E-state index is 12.7. The van der Waals surface area contributed by atoms with Gasteiger partial charge in [-0.2, -0.15) is 5.10 Å². The third kappa shape index (κ3) is 3.18. The van der Waals surface area contributed by atoms with Crippen molar-refractivity contribution in [3.05, 3.63) is 77.4 Å². The summed E-state index contributed by atoms with van der Waals surface area (Å²) in [5, 5.41) is 7.51. The zero-order valence-corrected chi connectivity index (χ0v) is 14.1. The van der Waals surface area contributed by atoms with E-state index in [2.05, 4.69) is 28.4 Å². The molecule has 1 aromatic carbocycles. The second-order valence-electron chi connectivity index (χ2n) is 6.46. The minimum atomic E-state index is -0.0782. The van der Waals surface area contributed by atoms with Gasteiger partial charge in [0.2, 0.25) is 0 Å². The molecule has 5 heteroatoms. The maximum atomic E-state index is 12.7. The van der Waals surface area contributed by atoms with Crippen LogP contribution < -0.4 is 5.32 Å². The highest BCUT2D eigenvalue weighted by Crippen LogP contribution is 2.42. The van der Waals surface area contributed by atoms with E-state index in [1.54, 1.807) is 18.6 Å². The molecule has 0 aliphatic heterocycles. The van der Waals surface area contributed by atoms with Crippen LogP contribution in [0.25, 0.3) is 5.69 Å². The van der Waals surface area contributed by atoms with E-state index in [1.165, 1.54) is 0 Å². The van der Waals surface area contributed by atoms with Gasteiger partial charge in [-0.3, -0.25) is 9.78 Å². The van der Waals surface area contributed by atoms with Crippen molar-refractivity contribution in [2.45, 2.75) is 32.2 Å². The minimum Gasteiger partial charge on any atom is -0.348 e. The molecule has 2 heterocycles. The lowest BCUT2D eigenvalue weighted by Gasteiger charge is -2.11. The van der Waals surface area contributed by atoms with Crippen LogP contribution in [-0.4, -0.2) is 20.7 Å². The van der Waals surface area contributed by atoms with Crippen LogP contribution in [0.2, 0.25) is 0 Å². The number of nitrogens with zero attached hydrogens (tertiary/aromatic N) is 3. The van der Waals surface area contributed by atoms with Crippen LogP contribution in [0.5, 0.6) is 0 Å². The van der Waals surface area contributed by atoms with Crippen LogP contribution in [0, 0.1) is 6.92 Å². The number of hydrogen-bond donors (Lipinski definition) is 1. The number of nitrogens with one attached hydrogen (secondary N) is 1. The van der Waals surface area contributed by atoms with Gasteiger partial charge in [0, 0.05) is 24.9 Å². The molecule has 1 aliphatic rings. The molecule has 3 aromatic rings. The van der Waals surface area contributed by atoms with Gasteiger partial charge in [-0.1, -0.05) is 24.3 Å². The fraction of sp³-hybridized carbons (Fsp3) is 0.250. The number of aromatic nitrogens is 3. The predicted molar refractivity (Wildman–Crippen MR) is 95.7 cm³/mol. The molecule has 0 bridgehead atoms. The second kappa shape index (κ2) is 6.51. The highest BCUT2D eigenvalue weighted by atomic mass is 16.1. The van der Waals surface area contributed by atoms with Gasteiger partial charge >= 0.3 is 0 Å². The Morgan fingerprint density at radius 1 is 1.20 bits per heavy atom. The molecule has 0 atom stereocenters. The number of carbonyl (C=O) groups excluding carboxylic acids is 1. The first kappa shape index (κ1) is 15.6. The van der Waals surface area contributed by atoms with Crippen LogP contribution in [-0.2, 0) is 6.54 Å². The Bertz CT molecular complexity index is 897. The Kier molecular flexibility index (Phi) is 4.06. The molecule has 0 spiro atoms. The number of pyridine rings is 1. The zero-order chi connectivity index (χ0) is 17.2. The molecule has 1 saturated carbocycles. The van der Waals surface area contributed by atoms with Crippen molar-refractivity contribution in [3.8, 4) is 5.69 Å². The number of rotatable bonds is 5.